The van der Waals surface area contributed by atoms with Gasteiger partial charge in [0.15, 0.2) is 0 Å². The van der Waals surface area contributed by atoms with Gasteiger partial charge in [0.2, 0.25) is 10.0 Å². The molecule has 0 aromatic carbocycles. The molecule has 6 heteroatoms. The molecule has 2 aliphatic heterocycles. The number of nitrogens with zero attached hydrogens (tertiary/aromatic N) is 1. The van der Waals surface area contributed by atoms with E-state index in [1.54, 1.807) is 0 Å². The van der Waals surface area contributed by atoms with Gasteiger partial charge in [0.05, 0.1) is 6.26 Å². The standard InChI is InChI=1S/C10H21N3O2S/c1-16(14,15)12-9-4-7-13(8-9)10-2-5-11-6-3-10/h9-12H,2-8H2,1H3/t9-/m0/s1. The minimum atomic E-state index is -3.05. The molecule has 0 amide bonds. The van der Waals surface area contributed by atoms with E-state index in [9.17, 15) is 8.42 Å². The molecule has 16 heavy (non-hydrogen) atoms. The molecule has 2 N–H and O–H groups in total. The Kier molecular flexibility index (Phi) is 3.84. The molecular formula is C10H21N3O2S. The number of rotatable bonds is 3. The fraction of sp³-hybridized carbons (Fsp3) is 1.00. The number of nitrogens with one attached hydrogen (secondary N) is 2. The van der Waals surface area contributed by atoms with Crippen molar-refractivity contribution < 1.29 is 8.42 Å². The summed E-state index contributed by atoms with van der Waals surface area (Å²) in [6, 6.07) is 0.762. The predicted molar refractivity (Wildman–Crippen MR) is 63.8 cm³/mol. The van der Waals surface area contributed by atoms with Crippen molar-refractivity contribution in [2.24, 2.45) is 0 Å². The van der Waals surface area contributed by atoms with Crippen molar-refractivity contribution in [2.75, 3.05) is 32.4 Å². The van der Waals surface area contributed by atoms with Gasteiger partial charge in [0, 0.05) is 25.2 Å². The molecule has 0 bridgehead atoms. The average molecular weight is 247 g/mol. The van der Waals surface area contributed by atoms with Gasteiger partial charge in [-0.15, -0.1) is 0 Å². The van der Waals surface area contributed by atoms with Crippen molar-refractivity contribution in [1.29, 1.82) is 0 Å². The lowest BCUT2D eigenvalue weighted by molar-refractivity contribution is 0.196. The number of hydrogen-bond acceptors (Lipinski definition) is 4. The highest BCUT2D eigenvalue weighted by Gasteiger charge is 2.30. The van der Waals surface area contributed by atoms with Crippen LogP contribution in [0.15, 0.2) is 0 Å². The van der Waals surface area contributed by atoms with Crippen molar-refractivity contribution in [3.8, 4) is 0 Å². The van der Waals surface area contributed by atoms with Gasteiger partial charge in [-0.2, -0.15) is 0 Å². The van der Waals surface area contributed by atoms with Gasteiger partial charge in [-0.05, 0) is 32.4 Å². The van der Waals surface area contributed by atoms with Crippen LogP contribution >= 0.6 is 0 Å². The van der Waals surface area contributed by atoms with E-state index in [-0.39, 0.29) is 6.04 Å². The Morgan fingerprint density at radius 2 is 1.94 bits per heavy atom. The summed E-state index contributed by atoms with van der Waals surface area (Å²) >= 11 is 0. The third-order valence-corrected chi connectivity index (χ3v) is 4.19. The number of hydrogen-bond donors (Lipinski definition) is 2. The number of likely N-dealkylation sites (tertiary alicyclic amines) is 1. The summed E-state index contributed by atoms with van der Waals surface area (Å²) < 4.78 is 25.0. The van der Waals surface area contributed by atoms with E-state index < -0.39 is 10.0 Å². The molecule has 2 aliphatic rings. The number of sulfonamides is 1. The van der Waals surface area contributed by atoms with Crippen LogP contribution in [0.2, 0.25) is 0 Å². The van der Waals surface area contributed by atoms with Crippen LogP contribution in [-0.2, 0) is 10.0 Å². The van der Waals surface area contributed by atoms with Gasteiger partial charge in [0.25, 0.3) is 0 Å². The molecule has 0 unspecified atom stereocenters. The molecule has 0 aromatic rings. The molecule has 1 atom stereocenters. The van der Waals surface area contributed by atoms with Gasteiger partial charge in [0.1, 0.15) is 0 Å². The van der Waals surface area contributed by atoms with Gasteiger partial charge >= 0.3 is 0 Å². The molecule has 2 saturated heterocycles. The van der Waals surface area contributed by atoms with Gasteiger partial charge in [-0.1, -0.05) is 0 Å². The highest BCUT2D eigenvalue weighted by atomic mass is 32.2. The summed E-state index contributed by atoms with van der Waals surface area (Å²) in [5.41, 5.74) is 0. The Morgan fingerprint density at radius 1 is 1.25 bits per heavy atom. The number of piperidine rings is 1. The van der Waals surface area contributed by atoms with Crippen molar-refractivity contribution in [3.63, 3.8) is 0 Å². The summed E-state index contributed by atoms with van der Waals surface area (Å²) in [7, 11) is -3.05. The van der Waals surface area contributed by atoms with E-state index in [1.807, 2.05) is 0 Å². The van der Waals surface area contributed by atoms with Crippen LogP contribution in [0.1, 0.15) is 19.3 Å². The van der Waals surface area contributed by atoms with Crippen LogP contribution in [0.3, 0.4) is 0 Å². The molecule has 0 spiro atoms. The first-order chi connectivity index (χ1) is 7.54. The van der Waals surface area contributed by atoms with Crippen LogP contribution < -0.4 is 10.0 Å². The molecule has 94 valence electrons. The predicted octanol–water partition coefficient (Wildman–Crippen LogP) is -0.638. The lowest BCUT2D eigenvalue weighted by atomic mass is 10.1. The largest absolute Gasteiger partial charge is 0.317 e. The van der Waals surface area contributed by atoms with Gasteiger partial charge < -0.3 is 5.32 Å². The quantitative estimate of drug-likeness (QED) is 0.696. The zero-order chi connectivity index (χ0) is 11.6. The third kappa shape index (κ3) is 3.41. The van der Waals surface area contributed by atoms with E-state index in [0.29, 0.717) is 6.04 Å². The Hall–Kier alpha value is -0.170. The minimum absolute atomic E-state index is 0.116. The summed E-state index contributed by atoms with van der Waals surface area (Å²) in [5.74, 6) is 0. The molecule has 0 saturated carbocycles. The Bertz CT molecular complexity index is 325. The molecule has 2 fully saturated rings. The maximum absolute atomic E-state index is 11.1. The molecule has 5 nitrogen and oxygen atoms in total. The van der Waals surface area contributed by atoms with Crippen molar-refractivity contribution in [3.05, 3.63) is 0 Å². The molecular weight excluding hydrogens is 226 g/mol. The third-order valence-electron chi connectivity index (χ3n) is 3.43. The SMILES string of the molecule is CS(=O)(=O)N[C@H]1CCN(C2CCNCC2)C1. The lowest BCUT2D eigenvalue weighted by Gasteiger charge is -2.31. The normalized spacial score (nSPS) is 29.7. The molecule has 0 aromatic heterocycles. The van der Waals surface area contributed by atoms with E-state index in [2.05, 4.69) is 14.9 Å². The van der Waals surface area contributed by atoms with Crippen LogP contribution in [0.25, 0.3) is 0 Å². The fourth-order valence-electron chi connectivity index (χ4n) is 2.69. The Labute approximate surface area is 97.6 Å². The van der Waals surface area contributed by atoms with Crippen LogP contribution in [-0.4, -0.2) is 57.8 Å². The average Bonchev–Trinajstić information content (AvgIpc) is 2.65. The lowest BCUT2D eigenvalue weighted by Crippen LogP contribution is -2.44. The maximum atomic E-state index is 11.1. The Balaban J connectivity index is 1.83. The summed E-state index contributed by atoms with van der Waals surface area (Å²) in [5, 5.41) is 3.35. The minimum Gasteiger partial charge on any atom is -0.317 e. The first-order valence-electron chi connectivity index (χ1n) is 5.97. The second kappa shape index (κ2) is 5.00. The smallest absolute Gasteiger partial charge is 0.208 e. The van der Waals surface area contributed by atoms with Crippen molar-refractivity contribution >= 4 is 10.0 Å². The topological polar surface area (TPSA) is 61.4 Å². The summed E-state index contributed by atoms with van der Waals surface area (Å²) in [6.07, 6.45) is 4.55. The van der Waals surface area contributed by atoms with E-state index >= 15 is 0 Å². The van der Waals surface area contributed by atoms with Crippen molar-refractivity contribution in [1.82, 2.24) is 14.9 Å². The monoisotopic (exact) mass is 247 g/mol. The molecule has 2 heterocycles. The summed E-state index contributed by atoms with van der Waals surface area (Å²) in [6.45, 7) is 4.08. The van der Waals surface area contributed by atoms with Gasteiger partial charge in [-0.3, -0.25) is 4.90 Å². The second-order valence-electron chi connectivity index (χ2n) is 4.85. The molecule has 0 radical (unpaired) electrons. The zero-order valence-corrected chi connectivity index (χ0v) is 10.6. The Morgan fingerprint density at radius 3 is 2.56 bits per heavy atom. The molecule has 2 rings (SSSR count). The summed E-state index contributed by atoms with van der Waals surface area (Å²) in [4.78, 5) is 2.43. The molecule has 0 aliphatic carbocycles. The second-order valence-corrected chi connectivity index (χ2v) is 6.63. The van der Waals surface area contributed by atoms with Crippen molar-refractivity contribution in [2.45, 2.75) is 31.3 Å². The van der Waals surface area contributed by atoms with Gasteiger partial charge in [-0.25, -0.2) is 13.1 Å². The fourth-order valence-corrected chi connectivity index (χ4v) is 3.49. The zero-order valence-electron chi connectivity index (χ0n) is 9.78. The first kappa shape index (κ1) is 12.3. The van der Waals surface area contributed by atoms with Crippen LogP contribution in [0, 0.1) is 0 Å². The van der Waals surface area contributed by atoms with E-state index in [0.717, 1.165) is 32.6 Å². The first-order valence-corrected chi connectivity index (χ1v) is 7.86. The van der Waals surface area contributed by atoms with Crippen LogP contribution in [0.4, 0.5) is 0 Å². The highest BCUT2D eigenvalue weighted by molar-refractivity contribution is 7.88. The van der Waals surface area contributed by atoms with Crippen LogP contribution in [0.5, 0.6) is 0 Å². The van der Waals surface area contributed by atoms with E-state index in [4.69, 9.17) is 0 Å². The van der Waals surface area contributed by atoms with E-state index in [1.165, 1.54) is 19.1 Å². The maximum Gasteiger partial charge on any atom is 0.208 e. The highest BCUT2D eigenvalue weighted by Crippen LogP contribution is 2.18.